The molecule has 0 saturated heterocycles. The average molecular weight is 481 g/mol. The van der Waals surface area contributed by atoms with Gasteiger partial charge < -0.3 is 24.5 Å². The van der Waals surface area contributed by atoms with Crippen LogP contribution >= 0.6 is 0 Å². The highest BCUT2D eigenvalue weighted by Crippen LogP contribution is 2.24. The number of methoxy groups -OCH3 is 1. The number of para-hydroxylation sites is 2. The number of hydrogen-bond donors (Lipinski definition) is 2. The van der Waals surface area contributed by atoms with E-state index in [9.17, 15) is 4.79 Å². The van der Waals surface area contributed by atoms with E-state index in [4.69, 9.17) is 9.26 Å². The molecule has 36 heavy (non-hydrogen) atoms. The van der Waals surface area contributed by atoms with Gasteiger partial charge in [-0.05, 0) is 42.8 Å². The molecule has 0 aliphatic heterocycles. The summed E-state index contributed by atoms with van der Waals surface area (Å²) in [5, 5.41) is 9.70. The predicted molar refractivity (Wildman–Crippen MR) is 137 cm³/mol. The SMILES string of the molecule is COc1ccccc1NC(=O)Nc1ccc(Cn2cnc(-c3nc(-c4cccc(C)c4)no3)c2)cc1. The molecule has 0 unspecified atom stereocenters. The topological polar surface area (TPSA) is 107 Å². The molecule has 0 saturated carbocycles. The quantitative estimate of drug-likeness (QED) is 0.314. The van der Waals surface area contributed by atoms with Gasteiger partial charge in [-0.25, -0.2) is 9.78 Å². The van der Waals surface area contributed by atoms with Crippen LogP contribution in [-0.4, -0.2) is 32.8 Å². The Bertz CT molecular complexity index is 1490. The minimum atomic E-state index is -0.351. The number of nitrogens with one attached hydrogen (secondary N) is 2. The fourth-order valence-electron chi connectivity index (χ4n) is 3.72. The van der Waals surface area contributed by atoms with Crippen molar-refractivity contribution in [2.45, 2.75) is 13.5 Å². The third-order valence-electron chi connectivity index (χ3n) is 5.49. The van der Waals surface area contributed by atoms with Crippen LogP contribution in [0.1, 0.15) is 11.1 Å². The minimum absolute atomic E-state index is 0.351. The maximum Gasteiger partial charge on any atom is 0.323 e. The van der Waals surface area contributed by atoms with Crippen LogP contribution in [0.25, 0.3) is 23.0 Å². The molecule has 0 fully saturated rings. The number of nitrogens with zero attached hydrogens (tertiary/aromatic N) is 4. The summed E-state index contributed by atoms with van der Waals surface area (Å²) in [7, 11) is 1.56. The zero-order chi connectivity index (χ0) is 24.9. The number of aryl methyl sites for hydroxylation is 1. The number of amides is 2. The fourth-order valence-corrected chi connectivity index (χ4v) is 3.72. The third kappa shape index (κ3) is 5.25. The summed E-state index contributed by atoms with van der Waals surface area (Å²) in [5.74, 6) is 1.49. The van der Waals surface area contributed by atoms with E-state index in [1.165, 1.54) is 0 Å². The van der Waals surface area contributed by atoms with Crippen molar-refractivity contribution in [2.75, 3.05) is 17.7 Å². The second-order valence-corrected chi connectivity index (χ2v) is 8.20. The number of aromatic nitrogens is 4. The van der Waals surface area contributed by atoms with Crippen molar-refractivity contribution in [3.63, 3.8) is 0 Å². The Hall–Kier alpha value is -4.92. The number of ether oxygens (including phenoxy) is 1. The second kappa shape index (κ2) is 10.1. The second-order valence-electron chi connectivity index (χ2n) is 8.20. The Labute approximate surface area is 207 Å². The highest BCUT2D eigenvalue weighted by Gasteiger charge is 2.13. The molecule has 2 N–H and O–H groups in total. The van der Waals surface area contributed by atoms with Crippen LogP contribution in [0.5, 0.6) is 5.75 Å². The number of imidazole rings is 1. The molecule has 5 aromatic rings. The molecule has 0 atom stereocenters. The summed E-state index contributed by atoms with van der Waals surface area (Å²) in [6.07, 6.45) is 3.58. The van der Waals surface area contributed by atoms with Gasteiger partial charge in [-0.2, -0.15) is 4.98 Å². The predicted octanol–water partition coefficient (Wildman–Crippen LogP) is 5.61. The molecule has 9 heteroatoms. The van der Waals surface area contributed by atoms with Gasteiger partial charge in [0.05, 0.1) is 19.1 Å². The van der Waals surface area contributed by atoms with Crippen LogP contribution in [0.3, 0.4) is 0 Å². The Kier molecular flexibility index (Phi) is 6.44. The lowest BCUT2D eigenvalue weighted by Gasteiger charge is -2.11. The van der Waals surface area contributed by atoms with Gasteiger partial charge in [-0.1, -0.05) is 53.2 Å². The van der Waals surface area contributed by atoms with Crippen LogP contribution in [0.15, 0.2) is 89.8 Å². The standard InChI is InChI=1S/C27H24N6O3/c1-18-6-5-7-20(14-18)25-31-26(36-32-25)23-16-33(17-28-23)15-19-10-12-21(13-11-19)29-27(34)30-22-8-3-4-9-24(22)35-2/h3-14,16-17H,15H2,1-2H3,(H2,29,30,34). The summed E-state index contributed by atoms with van der Waals surface area (Å²) in [6.45, 7) is 2.62. The maximum atomic E-state index is 12.4. The van der Waals surface area contributed by atoms with E-state index in [2.05, 4.69) is 25.8 Å². The Morgan fingerprint density at radius 1 is 1.03 bits per heavy atom. The maximum absolute atomic E-state index is 12.4. The summed E-state index contributed by atoms with van der Waals surface area (Å²) >= 11 is 0. The van der Waals surface area contributed by atoms with Gasteiger partial charge in [-0.15, -0.1) is 0 Å². The molecule has 0 aliphatic rings. The molecule has 3 aromatic carbocycles. The zero-order valence-corrected chi connectivity index (χ0v) is 19.8. The molecule has 2 aromatic heterocycles. The molecular formula is C27H24N6O3. The highest BCUT2D eigenvalue weighted by molar-refractivity contribution is 6.00. The molecule has 0 radical (unpaired) electrons. The van der Waals surface area contributed by atoms with E-state index < -0.39 is 0 Å². The monoisotopic (exact) mass is 480 g/mol. The molecule has 9 nitrogen and oxygen atoms in total. The van der Waals surface area contributed by atoms with Crippen molar-refractivity contribution < 1.29 is 14.1 Å². The van der Waals surface area contributed by atoms with E-state index in [0.717, 1.165) is 16.7 Å². The number of carbonyl (C=O) groups excluding carboxylic acids is 1. The fraction of sp³-hybridized carbons (Fsp3) is 0.111. The van der Waals surface area contributed by atoms with Gasteiger partial charge in [0, 0.05) is 24.0 Å². The van der Waals surface area contributed by atoms with Crippen LogP contribution in [0.4, 0.5) is 16.2 Å². The van der Waals surface area contributed by atoms with E-state index in [0.29, 0.717) is 41.1 Å². The van der Waals surface area contributed by atoms with Crippen molar-refractivity contribution in [3.8, 4) is 28.7 Å². The summed E-state index contributed by atoms with van der Waals surface area (Å²) in [5.41, 5.74) is 4.94. The van der Waals surface area contributed by atoms with Crippen molar-refractivity contribution in [2.24, 2.45) is 0 Å². The van der Waals surface area contributed by atoms with Crippen molar-refractivity contribution in [1.82, 2.24) is 19.7 Å². The van der Waals surface area contributed by atoms with E-state index in [1.807, 2.05) is 78.4 Å². The van der Waals surface area contributed by atoms with Gasteiger partial charge in [0.2, 0.25) is 5.82 Å². The number of anilines is 2. The lowest BCUT2D eigenvalue weighted by Crippen LogP contribution is -2.19. The number of benzene rings is 3. The summed E-state index contributed by atoms with van der Waals surface area (Å²) in [6, 6.07) is 22.4. The number of rotatable bonds is 7. The van der Waals surface area contributed by atoms with Gasteiger partial charge in [0.1, 0.15) is 11.4 Å². The van der Waals surface area contributed by atoms with Gasteiger partial charge in [-0.3, -0.25) is 0 Å². The molecule has 0 aliphatic carbocycles. The van der Waals surface area contributed by atoms with Crippen LogP contribution in [0.2, 0.25) is 0 Å². The third-order valence-corrected chi connectivity index (χ3v) is 5.49. The summed E-state index contributed by atoms with van der Waals surface area (Å²) < 4.78 is 12.6. The van der Waals surface area contributed by atoms with Crippen LogP contribution in [-0.2, 0) is 6.54 Å². The molecule has 2 amide bonds. The Morgan fingerprint density at radius 2 is 1.86 bits per heavy atom. The molecular weight excluding hydrogens is 456 g/mol. The van der Waals surface area contributed by atoms with Crippen molar-refractivity contribution in [1.29, 1.82) is 0 Å². The number of urea groups is 1. The van der Waals surface area contributed by atoms with Crippen molar-refractivity contribution >= 4 is 17.4 Å². The first-order valence-corrected chi connectivity index (χ1v) is 11.3. The van der Waals surface area contributed by atoms with E-state index in [1.54, 1.807) is 25.6 Å². The molecule has 2 heterocycles. The lowest BCUT2D eigenvalue weighted by molar-refractivity contribution is 0.262. The molecule has 5 rings (SSSR count). The first-order valence-electron chi connectivity index (χ1n) is 11.3. The molecule has 0 bridgehead atoms. The van der Waals surface area contributed by atoms with Gasteiger partial charge >= 0.3 is 6.03 Å². The first kappa shape index (κ1) is 22.9. The van der Waals surface area contributed by atoms with Gasteiger partial charge in [0.15, 0.2) is 0 Å². The molecule has 0 spiro atoms. The van der Waals surface area contributed by atoms with E-state index >= 15 is 0 Å². The normalized spacial score (nSPS) is 10.7. The van der Waals surface area contributed by atoms with Crippen molar-refractivity contribution in [3.05, 3.63) is 96.4 Å². The largest absolute Gasteiger partial charge is 0.495 e. The zero-order valence-electron chi connectivity index (χ0n) is 19.8. The van der Waals surface area contributed by atoms with E-state index in [-0.39, 0.29) is 6.03 Å². The molecule has 180 valence electrons. The lowest BCUT2D eigenvalue weighted by atomic mass is 10.1. The minimum Gasteiger partial charge on any atom is -0.495 e. The first-order chi connectivity index (χ1) is 17.6. The smallest absolute Gasteiger partial charge is 0.323 e. The Balaban J connectivity index is 1.20. The average Bonchev–Trinajstić information content (AvgIpc) is 3.56. The number of hydrogen-bond acceptors (Lipinski definition) is 6. The Morgan fingerprint density at radius 3 is 2.67 bits per heavy atom. The van der Waals surface area contributed by atoms with Crippen LogP contribution < -0.4 is 15.4 Å². The van der Waals surface area contributed by atoms with Gasteiger partial charge in [0.25, 0.3) is 5.89 Å². The van der Waals surface area contributed by atoms with Crippen LogP contribution in [0, 0.1) is 6.92 Å². The number of carbonyl (C=O) groups is 1. The summed E-state index contributed by atoms with van der Waals surface area (Å²) in [4.78, 5) is 21.3. The highest BCUT2D eigenvalue weighted by atomic mass is 16.5.